The van der Waals surface area contributed by atoms with Crippen LogP contribution in [0, 0.1) is 0 Å². The van der Waals surface area contributed by atoms with Gasteiger partial charge in [0.05, 0.1) is 19.8 Å². The summed E-state index contributed by atoms with van der Waals surface area (Å²) in [5, 5.41) is 12.5. The third-order valence-electron chi connectivity index (χ3n) is 4.37. The normalized spacial score (nSPS) is 17.7. The van der Waals surface area contributed by atoms with Crippen molar-refractivity contribution in [3.63, 3.8) is 0 Å². The van der Waals surface area contributed by atoms with E-state index in [-0.39, 0.29) is 29.6 Å². The highest BCUT2D eigenvalue weighted by Gasteiger charge is 2.28. The molecule has 0 amide bonds. The Morgan fingerprint density at radius 1 is 1.43 bits per heavy atom. The molecule has 9 nitrogen and oxygen atoms in total. The number of carbonyl (C=O) groups excluding carboxylic acids is 1. The lowest BCUT2D eigenvalue weighted by Gasteiger charge is -2.26. The molecule has 9 heteroatoms. The Hall–Kier alpha value is -3.17. The standard InChI is InChI=1S/C19H20N4O5/c1-2-27-19(25)15-16(24)14(28-18(15)22-23-6-8-26-9-7-23)10-12-11-21-17-13(12)4-3-5-20-17/h3-5,10-11,22,24H,2,6-9H2,1H3/b12-10+. The Morgan fingerprint density at radius 3 is 3.04 bits per heavy atom. The summed E-state index contributed by atoms with van der Waals surface area (Å²) >= 11 is 0. The van der Waals surface area contributed by atoms with E-state index in [9.17, 15) is 9.90 Å². The molecule has 2 aromatic heterocycles. The van der Waals surface area contributed by atoms with Crippen molar-refractivity contribution in [2.45, 2.75) is 6.92 Å². The first-order chi connectivity index (χ1) is 13.7. The number of ether oxygens (including phenoxy) is 2. The van der Waals surface area contributed by atoms with Crippen molar-refractivity contribution in [1.29, 1.82) is 0 Å². The van der Waals surface area contributed by atoms with Gasteiger partial charge in [-0.25, -0.2) is 19.8 Å². The zero-order valence-corrected chi connectivity index (χ0v) is 15.3. The molecule has 1 fully saturated rings. The van der Waals surface area contributed by atoms with Gasteiger partial charge in [0.2, 0.25) is 5.88 Å². The largest absolute Gasteiger partial charge is 0.504 e. The molecular weight excluding hydrogens is 364 g/mol. The van der Waals surface area contributed by atoms with Crippen molar-refractivity contribution in [3.8, 4) is 5.75 Å². The van der Waals surface area contributed by atoms with Crippen molar-refractivity contribution in [2.24, 2.45) is 4.99 Å². The van der Waals surface area contributed by atoms with Crippen molar-refractivity contribution in [3.05, 3.63) is 35.2 Å². The van der Waals surface area contributed by atoms with E-state index >= 15 is 0 Å². The first kappa shape index (κ1) is 18.2. The molecule has 1 saturated heterocycles. The van der Waals surface area contributed by atoms with Gasteiger partial charge in [0.15, 0.2) is 22.9 Å². The molecule has 28 heavy (non-hydrogen) atoms. The average Bonchev–Trinajstić information content (AvgIpc) is 3.24. The van der Waals surface area contributed by atoms with Crippen LogP contribution in [0.2, 0.25) is 0 Å². The Kier molecular flexibility index (Phi) is 5.09. The predicted octanol–water partition coefficient (Wildman–Crippen LogP) is 2.47. The molecule has 2 aromatic rings. The molecule has 2 N–H and O–H groups in total. The van der Waals surface area contributed by atoms with Crippen LogP contribution < -0.4 is 5.43 Å². The summed E-state index contributed by atoms with van der Waals surface area (Å²) in [5.74, 6) is -0.0844. The fourth-order valence-electron chi connectivity index (χ4n) is 3.01. The monoisotopic (exact) mass is 384 g/mol. The zero-order chi connectivity index (χ0) is 19.5. The Morgan fingerprint density at radius 2 is 2.25 bits per heavy atom. The second kappa shape index (κ2) is 7.83. The summed E-state index contributed by atoms with van der Waals surface area (Å²) in [4.78, 5) is 20.8. The highest BCUT2D eigenvalue weighted by Crippen LogP contribution is 2.38. The molecule has 2 aliphatic rings. The number of rotatable bonds is 5. The van der Waals surface area contributed by atoms with Gasteiger partial charge in [0.25, 0.3) is 0 Å². The summed E-state index contributed by atoms with van der Waals surface area (Å²) in [6.07, 6.45) is 4.92. The molecule has 0 aromatic carbocycles. The molecule has 146 valence electrons. The number of fused-ring (bicyclic) bond motifs is 1. The number of nitrogens with zero attached hydrogens (tertiary/aromatic N) is 3. The van der Waals surface area contributed by atoms with Crippen LogP contribution in [0.3, 0.4) is 0 Å². The van der Waals surface area contributed by atoms with Crippen LogP contribution >= 0.6 is 0 Å². The van der Waals surface area contributed by atoms with E-state index in [2.05, 4.69) is 15.4 Å². The number of furan rings is 1. The molecule has 2 aliphatic heterocycles. The van der Waals surface area contributed by atoms with Crippen LogP contribution in [-0.2, 0) is 9.47 Å². The van der Waals surface area contributed by atoms with E-state index < -0.39 is 5.97 Å². The van der Waals surface area contributed by atoms with Crippen LogP contribution in [0.5, 0.6) is 5.75 Å². The van der Waals surface area contributed by atoms with E-state index in [1.807, 2.05) is 11.1 Å². The van der Waals surface area contributed by atoms with E-state index in [0.29, 0.717) is 32.1 Å². The van der Waals surface area contributed by atoms with Gasteiger partial charge in [-0.3, -0.25) is 5.43 Å². The van der Waals surface area contributed by atoms with Gasteiger partial charge >= 0.3 is 5.97 Å². The number of pyridine rings is 1. The first-order valence-electron chi connectivity index (χ1n) is 9.00. The van der Waals surface area contributed by atoms with E-state index in [1.165, 1.54) is 0 Å². The van der Waals surface area contributed by atoms with Gasteiger partial charge in [0.1, 0.15) is 0 Å². The van der Waals surface area contributed by atoms with Crippen LogP contribution in [0.15, 0.2) is 27.7 Å². The molecule has 0 bridgehead atoms. The number of esters is 1. The minimum atomic E-state index is -0.661. The third-order valence-corrected chi connectivity index (χ3v) is 4.37. The lowest BCUT2D eigenvalue weighted by Crippen LogP contribution is -2.40. The van der Waals surface area contributed by atoms with Crippen molar-refractivity contribution >= 4 is 35.5 Å². The highest BCUT2D eigenvalue weighted by atomic mass is 16.5. The molecule has 4 rings (SSSR count). The Balaban J connectivity index is 1.70. The lowest BCUT2D eigenvalue weighted by atomic mass is 10.1. The minimum absolute atomic E-state index is 0.0402. The number of allylic oxidation sites excluding steroid dienone is 1. The number of aliphatic imine (C=N–C) groups is 1. The number of nitrogens with one attached hydrogen (secondary N) is 1. The number of aromatic nitrogens is 1. The lowest BCUT2D eigenvalue weighted by molar-refractivity contribution is 0.0476. The van der Waals surface area contributed by atoms with Crippen molar-refractivity contribution in [1.82, 2.24) is 9.99 Å². The molecule has 0 saturated carbocycles. The maximum absolute atomic E-state index is 12.4. The SMILES string of the molecule is CCOC(=O)c1c(NN2CCOCC2)oc(/C=C2\C=Nc3ncccc32)c1O. The van der Waals surface area contributed by atoms with Gasteiger partial charge in [0, 0.05) is 36.6 Å². The minimum Gasteiger partial charge on any atom is -0.504 e. The summed E-state index contributed by atoms with van der Waals surface area (Å²) in [5.41, 5.74) is 4.55. The van der Waals surface area contributed by atoms with Crippen molar-refractivity contribution in [2.75, 3.05) is 38.3 Å². The second-order valence-corrected chi connectivity index (χ2v) is 6.18. The smallest absolute Gasteiger partial charge is 0.347 e. The number of morpholine rings is 1. The fourth-order valence-corrected chi connectivity index (χ4v) is 3.01. The van der Waals surface area contributed by atoms with Crippen molar-refractivity contribution < 1.29 is 23.8 Å². The van der Waals surface area contributed by atoms with Gasteiger partial charge in [-0.05, 0) is 25.1 Å². The maximum atomic E-state index is 12.4. The summed E-state index contributed by atoms with van der Waals surface area (Å²) in [6, 6.07) is 3.68. The number of hydrogen-bond acceptors (Lipinski definition) is 9. The van der Waals surface area contributed by atoms with Gasteiger partial charge < -0.3 is 19.0 Å². The van der Waals surface area contributed by atoms with Gasteiger partial charge in [-0.2, -0.15) is 0 Å². The number of hydrazine groups is 1. The zero-order valence-electron chi connectivity index (χ0n) is 15.3. The molecule has 0 unspecified atom stereocenters. The summed E-state index contributed by atoms with van der Waals surface area (Å²) in [6.45, 7) is 4.24. The average molecular weight is 384 g/mol. The highest BCUT2D eigenvalue weighted by molar-refractivity contribution is 6.21. The third kappa shape index (κ3) is 3.49. The number of anilines is 1. The molecule has 0 aliphatic carbocycles. The van der Waals surface area contributed by atoms with E-state index in [4.69, 9.17) is 13.9 Å². The molecular formula is C19H20N4O5. The van der Waals surface area contributed by atoms with Gasteiger partial charge in [-0.1, -0.05) is 0 Å². The molecule has 0 atom stereocenters. The predicted molar refractivity (Wildman–Crippen MR) is 103 cm³/mol. The summed E-state index contributed by atoms with van der Waals surface area (Å²) in [7, 11) is 0. The van der Waals surface area contributed by atoms with E-state index in [1.54, 1.807) is 31.5 Å². The first-order valence-corrected chi connectivity index (χ1v) is 9.00. The molecule has 0 spiro atoms. The number of hydrogen-bond donors (Lipinski definition) is 2. The fraction of sp³-hybridized carbons (Fsp3) is 0.316. The summed E-state index contributed by atoms with van der Waals surface area (Å²) < 4.78 is 16.2. The maximum Gasteiger partial charge on any atom is 0.347 e. The molecule has 4 heterocycles. The number of carbonyl (C=O) groups is 1. The van der Waals surface area contributed by atoms with E-state index in [0.717, 1.165) is 11.1 Å². The number of aromatic hydroxyl groups is 1. The molecule has 0 radical (unpaired) electrons. The topological polar surface area (TPSA) is 109 Å². The van der Waals surface area contributed by atoms with Crippen LogP contribution in [0.4, 0.5) is 11.7 Å². The Bertz CT molecular complexity index is 944. The van der Waals surface area contributed by atoms with Crippen LogP contribution in [-0.4, -0.2) is 60.2 Å². The second-order valence-electron chi connectivity index (χ2n) is 6.18. The van der Waals surface area contributed by atoms with Gasteiger partial charge in [-0.15, -0.1) is 0 Å². The van der Waals surface area contributed by atoms with Crippen LogP contribution in [0.25, 0.3) is 11.6 Å². The Labute approximate surface area is 161 Å². The van der Waals surface area contributed by atoms with Crippen LogP contribution in [0.1, 0.15) is 28.6 Å². The quantitative estimate of drug-likeness (QED) is 0.757.